The highest BCUT2D eigenvalue weighted by Gasteiger charge is 2.24. The van der Waals surface area contributed by atoms with Crippen LogP contribution in [-0.4, -0.2) is 30.6 Å². The van der Waals surface area contributed by atoms with E-state index in [9.17, 15) is 10.4 Å². The van der Waals surface area contributed by atoms with Crippen LogP contribution in [0.25, 0.3) is 16.6 Å². The minimum atomic E-state index is -0.181. The number of hydrogen-bond donors (Lipinski definition) is 1. The van der Waals surface area contributed by atoms with Gasteiger partial charge in [0, 0.05) is 32.8 Å². The van der Waals surface area contributed by atoms with Gasteiger partial charge < -0.3 is 5.11 Å². The number of pyridine rings is 1. The van der Waals surface area contributed by atoms with Crippen molar-refractivity contribution < 1.29 is 5.11 Å². The van der Waals surface area contributed by atoms with Gasteiger partial charge in [-0.3, -0.25) is 4.68 Å². The molecule has 6 nitrogen and oxygen atoms in total. The largest absolute Gasteiger partial charge is 0.393 e. The van der Waals surface area contributed by atoms with Crippen LogP contribution in [0.2, 0.25) is 0 Å². The zero-order valence-corrected chi connectivity index (χ0v) is 19.0. The normalized spacial score (nSPS) is 18.7. The molecule has 3 aromatic heterocycles. The summed E-state index contributed by atoms with van der Waals surface area (Å²) in [4.78, 5) is 2.16. The van der Waals surface area contributed by atoms with Crippen LogP contribution in [0.5, 0.6) is 0 Å². The molecular weight excluding hydrogens is 418 g/mol. The van der Waals surface area contributed by atoms with Gasteiger partial charge in [0.05, 0.1) is 35.6 Å². The molecule has 4 aromatic rings. The monoisotopic (exact) mass is 443 g/mol. The third kappa shape index (κ3) is 3.70. The second-order valence-corrected chi connectivity index (χ2v) is 9.56. The predicted molar refractivity (Wildman–Crippen MR) is 125 cm³/mol. The summed E-state index contributed by atoms with van der Waals surface area (Å²) in [6.45, 7) is 4.20. The minimum absolute atomic E-state index is 0.181. The fourth-order valence-corrected chi connectivity index (χ4v) is 5.66. The van der Waals surface area contributed by atoms with E-state index in [1.165, 1.54) is 5.56 Å². The number of rotatable bonds is 4. The first-order chi connectivity index (χ1) is 15.5. The summed E-state index contributed by atoms with van der Waals surface area (Å²) >= 11 is 1.66. The van der Waals surface area contributed by atoms with Crippen molar-refractivity contribution in [1.29, 1.82) is 5.26 Å². The average molecular weight is 444 g/mol. The maximum atomic E-state index is 9.86. The Morgan fingerprint density at radius 3 is 2.59 bits per heavy atom. The van der Waals surface area contributed by atoms with E-state index in [0.717, 1.165) is 57.8 Å². The Labute approximate surface area is 191 Å². The number of aromatic nitrogens is 4. The number of nitrogens with zero attached hydrogens (tertiary/aromatic N) is 5. The maximum absolute atomic E-state index is 9.86. The highest BCUT2D eigenvalue weighted by atomic mass is 32.2. The number of fused-ring (bicyclic) bond motifs is 1. The minimum Gasteiger partial charge on any atom is -0.393 e. The molecule has 1 aliphatic carbocycles. The molecular formula is C25H25N5OS. The number of hydrogen-bond acceptors (Lipinski definition) is 5. The van der Waals surface area contributed by atoms with Crippen molar-refractivity contribution in [1.82, 2.24) is 19.4 Å². The summed E-state index contributed by atoms with van der Waals surface area (Å²) in [5, 5.41) is 28.7. The molecule has 1 N–H and O–H groups in total. The van der Waals surface area contributed by atoms with Crippen molar-refractivity contribution in [2.75, 3.05) is 0 Å². The van der Waals surface area contributed by atoms with E-state index in [4.69, 9.17) is 5.10 Å². The van der Waals surface area contributed by atoms with Crippen molar-refractivity contribution in [2.45, 2.75) is 61.5 Å². The van der Waals surface area contributed by atoms with Gasteiger partial charge in [0.15, 0.2) is 0 Å². The van der Waals surface area contributed by atoms with E-state index in [1.807, 2.05) is 29.0 Å². The Morgan fingerprint density at radius 1 is 1.06 bits per heavy atom. The van der Waals surface area contributed by atoms with Gasteiger partial charge in [-0.05, 0) is 57.2 Å². The Morgan fingerprint density at radius 2 is 1.84 bits per heavy atom. The predicted octanol–water partition coefficient (Wildman–Crippen LogP) is 5.31. The molecule has 0 amide bonds. The van der Waals surface area contributed by atoms with Crippen molar-refractivity contribution >= 4 is 17.3 Å². The van der Waals surface area contributed by atoms with Crippen LogP contribution < -0.4 is 0 Å². The summed E-state index contributed by atoms with van der Waals surface area (Å²) in [7, 11) is 0. The van der Waals surface area contributed by atoms with E-state index in [0.29, 0.717) is 11.6 Å². The molecule has 1 aromatic carbocycles. The van der Waals surface area contributed by atoms with Gasteiger partial charge >= 0.3 is 0 Å². The van der Waals surface area contributed by atoms with Gasteiger partial charge in [-0.1, -0.05) is 30.0 Å². The lowest BCUT2D eigenvalue weighted by Gasteiger charge is -2.26. The molecule has 162 valence electrons. The Bertz CT molecular complexity index is 1320. The molecule has 0 radical (unpaired) electrons. The molecule has 7 heteroatoms. The third-order valence-corrected chi connectivity index (χ3v) is 7.59. The molecule has 1 aliphatic rings. The van der Waals surface area contributed by atoms with E-state index >= 15 is 0 Å². The lowest BCUT2D eigenvalue weighted by Crippen LogP contribution is -2.22. The van der Waals surface area contributed by atoms with Crippen LogP contribution in [0, 0.1) is 25.2 Å². The summed E-state index contributed by atoms with van der Waals surface area (Å²) in [6.07, 6.45) is 8.90. The Hall–Kier alpha value is -3.08. The zero-order chi connectivity index (χ0) is 22.2. The first-order valence-corrected chi connectivity index (χ1v) is 11.7. The summed E-state index contributed by atoms with van der Waals surface area (Å²) in [5.74, 6) is 0. The SMILES string of the molecule is Cc1ccccc1Sc1cc(-c2cnn([C@H]3CC[C@@H](O)CC3)c2C)cn2ncc(C#N)c12. The summed E-state index contributed by atoms with van der Waals surface area (Å²) in [6, 6.07) is 13.0. The molecule has 0 unspecified atom stereocenters. The average Bonchev–Trinajstić information content (AvgIpc) is 3.39. The molecule has 0 spiro atoms. The molecule has 0 atom stereocenters. The lowest BCUT2D eigenvalue weighted by atomic mass is 9.93. The molecule has 0 saturated heterocycles. The second-order valence-electron chi connectivity index (χ2n) is 8.47. The van der Waals surface area contributed by atoms with E-state index in [1.54, 1.807) is 18.0 Å². The van der Waals surface area contributed by atoms with Crippen molar-refractivity contribution in [3.05, 3.63) is 65.7 Å². The Balaban J connectivity index is 1.59. The van der Waals surface area contributed by atoms with Crippen LogP contribution in [-0.2, 0) is 0 Å². The van der Waals surface area contributed by atoms with Gasteiger partial charge in [0.1, 0.15) is 6.07 Å². The van der Waals surface area contributed by atoms with Crippen molar-refractivity contribution in [3.63, 3.8) is 0 Å². The van der Waals surface area contributed by atoms with Gasteiger partial charge in [-0.25, -0.2) is 4.52 Å². The maximum Gasteiger partial charge on any atom is 0.103 e. The number of aliphatic hydroxyl groups excluding tert-OH is 1. The fourth-order valence-electron chi connectivity index (χ4n) is 4.56. The van der Waals surface area contributed by atoms with Crippen LogP contribution in [0.4, 0.5) is 0 Å². The van der Waals surface area contributed by atoms with E-state index < -0.39 is 0 Å². The number of aryl methyl sites for hydroxylation is 1. The summed E-state index contributed by atoms with van der Waals surface area (Å²) in [5.41, 5.74) is 5.81. The topological polar surface area (TPSA) is 79.1 Å². The Kier molecular flexibility index (Phi) is 5.50. The van der Waals surface area contributed by atoms with Crippen molar-refractivity contribution in [2.24, 2.45) is 0 Å². The van der Waals surface area contributed by atoms with Gasteiger partial charge in [0.25, 0.3) is 0 Å². The van der Waals surface area contributed by atoms with Gasteiger partial charge in [0.2, 0.25) is 0 Å². The second kappa shape index (κ2) is 8.45. The smallest absolute Gasteiger partial charge is 0.103 e. The fraction of sp³-hybridized carbons (Fsp3) is 0.320. The number of benzene rings is 1. The summed E-state index contributed by atoms with van der Waals surface area (Å²) < 4.78 is 3.92. The lowest BCUT2D eigenvalue weighted by molar-refractivity contribution is 0.107. The molecule has 1 saturated carbocycles. The molecule has 1 fully saturated rings. The van der Waals surface area contributed by atoms with Crippen molar-refractivity contribution in [3.8, 4) is 17.2 Å². The quantitative estimate of drug-likeness (QED) is 0.462. The van der Waals surface area contributed by atoms with Crippen LogP contribution >= 0.6 is 11.8 Å². The van der Waals surface area contributed by atoms with Gasteiger partial charge in [-0.15, -0.1) is 0 Å². The highest BCUT2D eigenvalue weighted by Crippen LogP contribution is 2.38. The first-order valence-electron chi connectivity index (χ1n) is 10.9. The van der Waals surface area contributed by atoms with Gasteiger partial charge in [-0.2, -0.15) is 15.5 Å². The molecule has 3 heterocycles. The number of aliphatic hydroxyl groups is 1. The molecule has 32 heavy (non-hydrogen) atoms. The highest BCUT2D eigenvalue weighted by molar-refractivity contribution is 7.99. The third-order valence-electron chi connectivity index (χ3n) is 6.38. The van der Waals surface area contributed by atoms with E-state index in [-0.39, 0.29) is 6.10 Å². The molecule has 5 rings (SSSR count). The molecule has 0 bridgehead atoms. The van der Waals surface area contributed by atoms with Crippen LogP contribution in [0.1, 0.15) is 48.5 Å². The van der Waals surface area contributed by atoms with E-state index in [2.05, 4.69) is 47.9 Å². The van der Waals surface area contributed by atoms with Crippen LogP contribution in [0.3, 0.4) is 0 Å². The first kappa shape index (κ1) is 20.8. The molecule has 0 aliphatic heterocycles. The van der Waals surface area contributed by atoms with Crippen LogP contribution in [0.15, 0.2) is 58.7 Å². The zero-order valence-electron chi connectivity index (χ0n) is 18.2. The standard InChI is InChI=1S/C25H25N5OS/c1-16-5-3-4-6-23(16)32-24-11-18(15-29-25(24)19(12-26)13-27-29)22-14-28-30(17(22)2)20-7-9-21(31)10-8-20/h3-6,11,13-15,20-21,31H,7-10H2,1-2H3/t20-,21+. The number of nitriles is 1.